The first-order valence-corrected chi connectivity index (χ1v) is 12.7. The number of hydrogen-bond acceptors (Lipinski definition) is 6. The fourth-order valence-corrected chi connectivity index (χ4v) is 5.36. The minimum atomic E-state index is -0.471. The molecule has 0 bridgehead atoms. The van der Waals surface area contributed by atoms with Gasteiger partial charge in [-0.05, 0) is 57.3 Å². The maximum Gasteiger partial charge on any atom is 0.172 e. The van der Waals surface area contributed by atoms with E-state index in [2.05, 4.69) is 68.6 Å². The molecule has 0 unspecified atom stereocenters. The molecule has 9 heteroatoms. The first kappa shape index (κ1) is 24.1. The third-order valence-electron chi connectivity index (χ3n) is 7.00. The van der Waals surface area contributed by atoms with E-state index in [0.717, 1.165) is 30.0 Å². The minimum absolute atomic E-state index is 0.0602. The molecular weight excluding hydrogens is 486 g/mol. The Bertz CT molecular complexity index is 1200. The Hall–Kier alpha value is -2.61. The lowest BCUT2D eigenvalue weighted by Crippen LogP contribution is -2.41. The number of aromatic nitrogens is 2. The highest BCUT2D eigenvalue weighted by Crippen LogP contribution is 2.35. The van der Waals surface area contributed by atoms with Crippen LogP contribution >= 0.6 is 23.2 Å². The van der Waals surface area contributed by atoms with E-state index in [-0.39, 0.29) is 5.02 Å². The van der Waals surface area contributed by atoms with Gasteiger partial charge >= 0.3 is 0 Å². The van der Waals surface area contributed by atoms with Gasteiger partial charge in [0.15, 0.2) is 5.82 Å². The van der Waals surface area contributed by atoms with Gasteiger partial charge in [0.1, 0.15) is 5.82 Å². The topological polar surface area (TPSA) is 47.5 Å². The molecular formula is C26H29Cl2FN6. The Kier molecular flexibility index (Phi) is 7.00. The second kappa shape index (κ2) is 10.2. The highest BCUT2D eigenvalue weighted by Gasteiger charge is 2.23. The summed E-state index contributed by atoms with van der Waals surface area (Å²) in [6.45, 7) is 3.92. The van der Waals surface area contributed by atoms with E-state index in [4.69, 9.17) is 23.2 Å². The molecule has 0 radical (unpaired) electrons. The Morgan fingerprint density at radius 2 is 1.77 bits per heavy atom. The van der Waals surface area contributed by atoms with Crippen molar-refractivity contribution >= 4 is 40.4 Å². The van der Waals surface area contributed by atoms with Crippen LogP contribution in [0.5, 0.6) is 0 Å². The highest BCUT2D eigenvalue weighted by atomic mass is 35.5. The fourth-order valence-electron chi connectivity index (χ4n) is 4.87. The van der Waals surface area contributed by atoms with Crippen molar-refractivity contribution < 1.29 is 4.39 Å². The fraction of sp³-hybridized carbons (Fsp3) is 0.385. The summed E-state index contributed by atoms with van der Waals surface area (Å²) in [6.07, 6.45) is 2.35. The van der Waals surface area contributed by atoms with Gasteiger partial charge in [0.25, 0.3) is 0 Å². The van der Waals surface area contributed by atoms with Crippen LogP contribution in [0.4, 0.5) is 21.6 Å². The molecule has 0 spiro atoms. The van der Waals surface area contributed by atoms with Gasteiger partial charge in [-0.25, -0.2) is 4.39 Å². The number of piperidine rings is 1. The predicted octanol–water partition coefficient (Wildman–Crippen LogP) is 5.55. The van der Waals surface area contributed by atoms with Gasteiger partial charge in [0, 0.05) is 60.6 Å². The quantitative estimate of drug-likeness (QED) is 0.450. The van der Waals surface area contributed by atoms with Gasteiger partial charge in [0.2, 0.25) is 0 Å². The zero-order valence-electron chi connectivity index (χ0n) is 19.9. The van der Waals surface area contributed by atoms with Crippen LogP contribution in [0.2, 0.25) is 10.0 Å². The van der Waals surface area contributed by atoms with Crippen molar-refractivity contribution in [1.29, 1.82) is 0 Å². The maximum absolute atomic E-state index is 14.1. The van der Waals surface area contributed by atoms with Gasteiger partial charge in [-0.15, -0.1) is 10.2 Å². The lowest BCUT2D eigenvalue weighted by atomic mass is 10.0. The summed E-state index contributed by atoms with van der Waals surface area (Å²) in [6, 6.07) is 14.0. The summed E-state index contributed by atoms with van der Waals surface area (Å²) in [5.74, 6) is 0.227. The summed E-state index contributed by atoms with van der Waals surface area (Å²) in [5, 5.41) is 12.7. The summed E-state index contributed by atoms with van der Waals surface area (Å²) in [5.41, 5.74) is 4.48. The van der Waals surface area contributed by atoms with E-state index in [1.165, 1.54) is 24.6 Å². The molecule has 1 fully saturated rings. The molecule has 35 heavy (non-hydrogen) atoms. The van der Waals surface area contributed by atoms with Crippen molar-refractivity contribution in [3.05, 3.63) is 63.9 Å². The van der Waals surface area contributed by atoms with Crippen LogP contribution in [0, 0.1) is 5.82 Å². The van der Waals surface area contributed by atoms with Gasteiger partial charge in [-0.1, -0.05) is 35.3 Å². The number of halogens is 3. The van der Waals surface area contributed by atoms with Crippen LogP contribution in [-0.4, -0.2) is 61.4 Å². The molecule has 3 heterocycles. The molecule has 2 aromatic carbocycles. The molecule has 5 rings (SSSR count). The Morgan fingerprint density at radius 3 is 2.49 bits per heavy atom. The number of anilines is 3. The van der Waals surface area contributed by atoms with Gasteiger partial charge < -0.3 is 20.0 Å². The number of hydrogen-bond donors (Lipinski definition) is 1. The molecule has 2 aliphatic rings. The molecule has 1 saturated heterocycles. The zero-order chi connectivity index (χ0) is 24.5. The van der Waals surface area contributed by atoms with E-state index in [0.29, 0.717) is 42.1 Å². The van der Waals surface area contributed by atoms with Crippen LogP contribution in [0.3, 0.4) is 0 Å². The van der Waals surface area contributed by atoms with Crippen molar-refractivity contribution in [3.63, 3.8) is 0 Å². The molecule has 0 saturated carbocycles. The van der Waals surface area contributed by atoms with Crippen LogP contribution in [0.15, 0.2) is 42.5 Å². The lowest BCUT2D eigenvalue weighted by Gasteiger charge is -2.36. The monoisotopic (exact) mass is 514 g/mol. The van der Waals surface area contributed by atoms with Crippen molar-refractivity contribution in [2.24, 2.45) is 0 Å². The third-order valence-corrected chi connectivity index (χ3v) is 7.76. The van der Waals surface area contributed by atoms with E-state index < -0.39 is 5.82 Å². The summed E-state index contributed by atoms with van der Waals surface area (Å²) < 4.78 is 14.1. The highest BCUT2D eigenvalue weighted by molar-refractivity contribution is 6.36. The number of nitrogens with one attached hydrogen (secondary N) is 1. The number of nitrogens with zero attached hydrogens (tertiary/aromatic N) is 5. The number of rotatable bonds is 5. The first-order chi connectivity index (χ1) is 16.9. The van der Waals surface area contributed by atoms with E-state index in [9.17, 15) is 4.39 Å². The minimum Gasteiger partial charge on any atom is -0.371 e. The molecule has 6 nitrogen and oxygen atoms in total. The smallest absolute Gasteiger partial charge is 0.172 e. The van der Waals surface area contributed by atoms with Crippen LogP contribution in [0.1, 0.15) is 18.4 Å². The lowest BCUT2D eigenvalue weighted by molar-refractivity contribution is 0.249. The van der Waals surface area contributed by atoms with Gasteiger partial charge in [-0.2, -0.15) is 0 Å². The second-order valence-electron chi connectivity index (χ2n) is 9.36. The molecule has 3 aromatic rings. The zero-order valence-corrected chi connectivity index (χ0v) is 21.5. The predicted molar refractivity (Wildman–Crippen MR) is 142 cm³/mol. The SMILES string of the molecule is CN(C)C1CCN(c2ccc(-c3cc4c(nn3)NCCN4Cc3c(Cl)ccc(F)c3Cl)cc2)CC1. The van der Waals surface area contributed by atoms with Crippen LogP contribution in [-0.2, 0) is 6.54 Å². The number of fused-ring (bicyclic) bond motifs is 1. The average molecular weight is 515 g/mol. The number of benzene rings is 2. The summed E-state index contributed by atoms with van der Waals surface area (Å²) in [7, 11) is 4.32. The molecule has 2 aliphatic heterocycles. The van der Waals surface area contributed by atoms with Gasteiger partial charge in [-0.3, -0.25) is 0 Å². The average Bonchev–Trinajstić information content (AvgIpc) is 2.89. The normalized spacial score (nSPS) is 16.4. The molecule has 0 aliphatic carbocycles. The van der Waals surface area contributed by atoms with Crippen molar-refractivity contribution in [1.82, 2.24) is 15.1 Å². The molecule has 1 N–H and O–H groups in total. The summed E-state index contributed by atoms with van der Waals surface area (Å²) in [4.78, 5) is 6.88. The molecule has 0 atom stereocenters. The first-order valence-electron chi connectivity index (χ1n) is 11.9. The molecule has 0 amide bonds. The maximum atomic E-state index is 14.1. The Labute approximate surface area is 215 Å². The standard InChI is InChI=1S/C26H29Cl2FN6/c1-33(2)18-9-12-34(13-10-18)19-5-3-17(4-6-19)23-15-24-26(32-31-23)30-11-14-35(24)16-20-21(27)7-8-22(29)25(20)28/h3-8,15,18H,9-14,16H2,1-2H3,(H,30,32). The van der Waals surface area contributed by atoms with Crippen molar-refractivity contribution in [2.75, 3.05) is 55.4 Å². The van der Waals surface area contributed by atoms with E-state index in [1.54, 1.807) is 6.07 Å². The molecule has 184 valence electrons. The largest absolute Gasteiger partial charge is 0.371 e. The van der Waals surface area contributed by atoms with Crippen molar-refractivity contribution in [2.45, 2.75) is 25.4 Å². The third kappa shape index (κ3) is 5.03. The van der Waals surface area contributed by atoms with E-state index in [1.807, 2.05) is 6.07 Å². The Morgan fingerprint density at radius 1 is 1.03 bits per heavy atom. The van der Waals surface area contributed by atoms with Crippen LogP contribution < -0.4 is 15.1 Å². The Balaban J connectivity index is 1.36. The molecule has 1 aromatic heterocycles. The van der Waals surface area contributed by atoms with Crippen LogP contribution in [0.25, 0.3) is 11.3 Å². The van der Waals surface area contributed by atoms with Crippen molar-refractivity contribution in [3.8, 4) is 11.3 Å². The summed E-state index contributed by atoms with van der Waals surface area (Å²) >= 11 is 12.6. The van der Waals surface area contributed by atoms with Gasteiger partial charge in [0.05, 0.1) is 16.4 Å². The van der Waals surface area contributed by atoms with E-state index >= 15 is 0 Å². The second-order valence-corrected chi connectivity index (χ2v) is 10.1.